The lowest BCUT2D eigenvalue weighted by Gasteiger charge is -2.31. The molecule has 5 nitrogen and oxygen atoms in total. The van der Waals surface area contributed by atoms with Crippen LogP contribution in [0.4, 0.5) is 0 Å². The Bertz CT molecular complexity index is 574. The highest BCUT2D eigenvalue weighted by Crippen LogP contribution is 2.19. The van der Waals surface area contributed by atoms with E-state index in [1.54, 1.807) is 6.07 Å². The molecule has 1 heterocycles. The quantitative estimate of drug-likeness (QED) is 0.521. The number of nitriles is 1. The maximum absolute atomic E-state index is 11.8. The van der Waals surface area contributed by atoms with Crippen LogP contribution in [0.1, 0.15) is 38.2 Å². The van der Waals surface area contributed by atoms with Gasteiger partial charge in [-0.1, -0.05) is 12.1 Å². The molecule has 0 N–H and O–H groups in total. The Morgan fingerprint density at radius 2 is 2.16 bits per heavy atom. The molecule has 0 aromatic heterocycles. The van der Waals surface area contributed by atoms with Crippen LogP contribution in [0.2, 0.25) is 0 Å². The van der Waals surface area contributed by atoms with Gasteiger partial charge in [-0.3, -0.25) is 4.79 Å². The van der Waals surface area contributed by atoms with Crippen LogP contribution in [-0.4, -0.2) is 43.7 Å². The van der Waals surface area contributed by atoms with E-state index in [4.69, 9.17) is 14.7 Å². The highest BCUT2D eigenvalue weighted by Gasteiger charge is 2.26. The van der Waals surface area contributed by atoms with Gasteiger partial charge in [-0.2, -0.15) is 5.26 Å². The first kappa shape index (κ1) is 21.3. The molecular weight excluding hydrogens is 340 g/mol. The number of piperidine rings is 1. The van der Waals surface area contributed by atoms with Crippen molar-refractivity contribution in [2.45, 2.75) is 32.6 Å². The Morgan fingerprint density at radius 3 is 2.92 bits per heavy atom. The minimum Gasteiger partial charge on any atom is -0.492 e. The van der Waals surface area contributed by atoms with Crippen LogP contribution in [0, 0.1) is 17.2 Å². The van der Waals surface area contributed by atoms with Gasteiger partial charge in [0.2, 0.25) is 0 Å². The van der Waals surface area contributed by atoms with Crippen molar-refractivity contribution in [1.29, 1.82) is 5.26 Å². The van der Waals surface area contributed by atoms with Crippen molar-refractivity contribution in [2.24, 2.45) is 5.92 Å². The first-order valence-corrected chi connectivity index (χ1v) is 8.75. The van der Waals surface area contributed by atoms with Gasteiger partial charge < -0.3 is 14.4 Å². The van der Waals surface area contributed by atoms with Gasteiger partial charge in [0, 0.05) is 6.54 Å². The fourth-order valence-corrected chi connectivity index (χ4v) is 3.02. The molecule has 0 radical (unpaired) electrons. The molecule has 1 aromatic rings. The van der Waals surface area contributed by atoms with Crippen molar-refractivity contribution < 1.29 is 14.3 Å². The van der Waals surface area contributed by atoms with Gasteiger partial charge in [-0.25, -0.2) is 0 Å². The summed E-state index contributed by atoms with van der Waals surface area (Å²) in [5.74, 6) is 0.622. The van der Waals surface area contributed by atoms with E-state index in [9.17, 15) is 4.79 Å². The summed E-state index contributed by atoms with van der Waals surface area (Å²) in [6.45, 7) is 5.73. The molecule has 1 aliphatic heterocycles. The molecule has 0 saturated carbocycles. The van der Waals surface area contributed by atoms with E-state index in [-0.39, 0.29) is 24.3 Å². The summed E-state index contributed by atoms with van der Waals surface area (Å²) in [6, 6.07) is 9.44. The summed E-state index contributed by atoms with van der Waals surface area (Å²) in [4.78, 5) is 14.2. The number of para-hydroxylation sites is 1. The molecule has 1 fully saturated rings. The van der Waals surface area contributed by atoms with E-state index >= 15 is 0 Å². The summed E-state index contributed by atoms with van der Waals surface area (Å²) >= 11 is 0. The maximum Gasteiger partial charge on any atom is 0.310 e. The molecule has 138 valence electrons. The predicted molar refractivity (Wildman–Crippen MR) is 98.9 cm³/mol. The number of hydrogen-bond donors (Lipinski definition) is 0. The van der Waals surface area contributed by atoms with Gasteiger partial charge in [0.25, 0.3) is 0 Å². The topological polar surface area (TPSA) is 62.6 Å². The Kier molecular flexibility index (Phi) is 9.98. The molecule has 1 aliphatic rings. The second kappa shape index (κ2) is 11.7. The van der Waals surface area contributed by atoms with Crippen LogP contribution >= 0.6 is 12.4 Å². The SMILES string of the molecule is CCOC(=O)C1CCCN(CCCCOc2ccccc2C#N)C1.Cl. The van der Waals surface area contributed by atoms with Crippen LogP contribution in [0.25, 0.3) is 0 Å². The van der Waals surface area contributed by atoms with Crippen molar-refractivity contribution in [3.63, 3.8) is 0 Å². The number of halogens is 1. The Labute approximate surface area is 156 Å². The number of ether oxygens (including phenoxy) is 2. The number of carbonyl (C=O) groups excluding carboxylic acids is 1. The Hall–Kier alpha value is -1.77. The van der Waals surface area contributed by atoms with Gasteiger partial charge in [0.05, 0.1) is 24.7 Å². The Balaban J connectivity index is 0.00000312. The number of hydrogen-bond acceptors (Lipinski definition) is 5. The standard InChI is InChI=1S/C19H26N2O3.ClH/c1-2-23-19(22)17-9-7-12-21(15-17)11-5-6-13-24-18-10-4-3-8-16(18)14-20;/h3-4,8,10,17H,2,5-7,9,11-13,15H2,1H3;1H. The average molecular weight is 367 g/mol. The van der Waals surface area contributed by atoms with E-state index in [0.29, 0.717) is 24.5 Å². The van der Waals surface area contributed by atoms with E-state index in [2.05, 4.69) is 11.0 Å². The normalized spacial score (nSPS) is 17.2. The molecule has 1 atom stereocenters. The van der Waals surface area contributed by atoms with Crippen LogP contribution in [0.15, 0.2) is 24.3 Å². The van der Waals surface area contributed by atoms with E-state index < -0.39 is 0 Å². The molecular formula is C19H27ClN2O3. The number of nitrogens with zero attached hydrogens (tertiary/aromatic N) is 2. The summed E-state index contributed by atoms with van der Waals surface area (Å²) < 4.78 is 10.8. The third-order valence-electron chi connectivity index (χ3n) is 4.26. The molecule has 1 saturated heterocycles. The summed E-state index contributed by atoms with van der Waals surface area (Å²) in [5.41, 5.74) is 0.575. The zero-order chi connectivity index (χ0) is 17.2. The molecule has 0 bridgehead atoms. The van der Waals surface area contributed by atoms with Gasteiger partial charge in [-0.15, -0.1) is 12.4 Å². The van der Waals surface area contributed by atoms with Crippen molar-refractivity contribution in [1.82, 2.24) is 4.90 Å². The largest absolute Gasteiger partial charge is 0.492 e. The lowest BCUT2D eigenvalue weighted by Crippen LogP contribution is -2.39. The average Bonchev–Trinajstić information content (AvgIpc) is 2.62. The summed E-state index contributed by atoms with van der Waals surface area (Å²) in [5, 5.41) is 9.02. The highest BCUT2D eigenvalue weighted by molar-refractivity contribution is 5.85. The fraction of sp³-hybridized carbons (Fsp3) is 0.579. The Morgan fingerprint density at radius 1 is 1.36 bits per heavy atom. The monoisotopic (exact) mass is 366 g/mol. The van der Waals surface area contributed by atoms with Gasteiger partial charge >= 0.3 is 5.97 Å². The number of likely N-dealkylation sites (tertiary alicyclic amines) is 1. The zero-order valence-electron chi connectivity index (χ0n) is 14.8. The van der Waals surface area contributed by atoms with Crippen LogP contribution in [0.3, 0.4) is 0 Å². The van der Waals surface area contributed by atoms with E-state index in [0.717, 1.165) is 45.3 Å². The van der Waals surface area contributed by atoms with Crippen molar-refractivity contribution in [3.8, 4) is 11.8 Å². The van der Waals surface area contributed by atoms with Gasteiger partial charge in [0.15, 0.2) is 0 Å². The van der Waals surface area contributed by atoms with E-state index in [1.807, 2.05) is 25.1 Å². The minimum absolute atomic E-state index is 0. The lowest BCUT2D eigenvalue weighted by molar-refractivity contribution is -0.149. The molecule has 1 unspecified atom stereocenters. The number of rotatable bonds is 8. The second-order valence-corrected chi connectivity index (χ2v) is 6.06. The van der Waals surface area contributed by atoms with Crippen molar-refractivity contribution in [2.75, 3.05) is 32.8 Å². The molecule has 0 spiro atoms. The van der Waals surface area contributed by atoms with Crippen molar-refractivity contribution >= 4 is 18.4 Å². The number of unbranched alkanes of at least 4 members (excludes halogenated alkanes) is 1. The van der Waals surface area contributed by atoms with E-state index in [1.165, 1.54) is 0 Å². The molecule has 2 rings (SSSR count). The predicted octanol–water partition coefficient (Wildman–Crippen LogP) is 3.41. The van der Waals surface area contributed by atoms with Gasteiger partial charge in [0.1, 0.15) is 11.8 Å². The molecule has 25 heavy (non-hydrogen) atoms. The summed E-state index contributed by atoms with van der Waals surface area (Å²) in [7, 11) is 0. The molecule has 0 amide bonds. The molecule has 1 aromatic carbocycles. The second-order valence-electron chi connectivity index (χ2n) is 6.06. The lowest BCUT2D eigenvalue weighted by atomic mass is 9.98. The zero-order valence-corrected chi connectivity index (χ0v) is 15.6. The number of benzene rings is 1. The number of esters is 1. The van der Waals surface area contributed by atoms with Crippen molar-refractivity contribution in [3.05, 3.63) is 29.8 Å². The number of carbonyl (C=O) groups is 1. The summed E-state index contributed by atoms with van der Waals surface area (Å²) in [6.07, 6.45) is 3.93. The third-order valence-corrected chi connectivity index (χ3v) is 4.26. The first-order chi connectivity index (χ1) is 11.7. The van der Waals surface area contributed by atoms with Crippen LogP contribution in [0.5, 0.6) is 5.75 Å². The van der Waals surface area contributed by atoms with Gasteiger partial charge in [-0.05, 0) is 57.8 Å². The maximum atomic E-state index is 11.8. The smallest absolute Gasteiger partial charge is 0.310 e. The highest BCUT2D eigenvalue weighted by atomic mass is 35.5. The fourth-order valence-electron chi connectivity index (χ4n) is 3.02. The third kappa shape index (κ3) is 6.93. The van der Waals surface area contributed by atoms with Crippen LogP contribution < -0.4 is 4.74 Å². The first-order valence-electron chi connectivity index (χ1n) is 8.75. The minimum atomic E-state index is -0.0568. The molecule has 0 aliphatic carbocycles. The molecule has 6 heteroatoms. The van der Waals surface area contributed by atoms with Crippen LogP contribution in [-0.2, 0) is 9.53 Å².